The molecule has 0 amide bonds. The summed E-state index contributed by atoms with van der Waals surface area (Å²) in [7, 11) is 1.23. The molecule has 124 valence electrons. The molecule has 0 atom stereocenters. The van der Waals surface area contributed by atoms with Crippen LogP contribution in [0.2, 0.25) is 0 Å². The molecule has 0 unspecified atom stereocenters. The molecule has 0 saturated heterocycles. The Bertz CT molecular complexity index is 853. The second-order valence-electron chi connectivity index (χ2n) is 5.17. The lowest BCUT2D eigenvalue weighted by Gasteiger charge is -2.11. The fourth-order valence-electron chi connectivity index (χ4n) is 2.54. The summed E-state index contributed by atoms with van der Waals surface area (Å²) in [5.41, 5.74) is 3.32. The monoisotopic (exact) mass is 344 g/mol. The normalized spacial score (nSPS) is 11.0. The van der Waals surface area contributed by atoms with Crippen LogP contribution in [0.1, 0.15) is 5.56 Å². The van der Waals surface area contributed by atoms with Gasteiger partial charge in [-0.05, 0) is 11.6 Å². The van der Waals surface area contributed by atoms with E-state index in [9.17, 15) is 0 Å². The number of fused-ring (bicyclic) bond motifs is 1. The topological polar surface area (TPSA) is 84.7 Å². The summed E-state index contributed by atoms with van der Waals surface area (Å²) in [6.07, 6.45) is 1.77. The molecule has 6 nitrogen and oxygen atoms in total. The second-order valence-corrected chi connectivity index (χ2v) is 6.23. The minimum absolute atomic E-state index is 0.255. The summed E-state index contributed by atoms with van der Waals surface area (Å²) in [5.74, 6) is 1.23. The molecule has 2 N–H and O–H groups in total. The van der Waals surface area contributed by atoms with Crippen molar-refractivity contribution in [1.82, 2.24) is 9.97 Å². The van der Waals surface area contributed by atoms with E-state index in [0.717, 1.165) is 27.7 Å². The molecule has 7 heteroatoms. The van der Waals surface area contributed by atoms with Crippen molar-refractivity contribution in [2.24, 2.45) is 0 Å². The predicted molar refractivity (Wildman–Crippen MR) is 93.1 cm³/mol. The van der Waals surface area contributed by atoms with Gasteiger partial charge < -0.3 is 19.3 Å². The zero-order valence-corrected chi connectivity index (χ0v) is 14.2. The van der Waals surface area contributed by atoms with Crippen molar-refractivity contribution in [2.75, 3.05) is 14.2 Å². The highest BCUT2D eigenvalue weighted by Crippen LogP contribution is 2.35. The first kappa shape index (κ1) is 16.6. The van der Waals surface area contributed by atoms with Crippen LogP contribution >= 0.6 is 8.38 Å². The molecule has 0 aliphatic carbocycles. The van der Waals surface area contributed by atoms with E-state index in [0.29, 0.717) is 11.5 Å². The Kier molecular flexibility index (Phi) is 4.90. The zero-order chi connectivity index (χ0) is 17.1. The number of nitrogens with zero attached hydrogens (tertiary/aromatic N) is 2. The number of hydrogen-bond acceptors (Lipinski definition) is 6. The number of benzene rings is 2. The first-order valence-corrected chi connectivity index (χ1v) is 8.67. The molecule has 0 fully saturated rings. The quantitative estimate of drug-likeness (QED) is 0.692. The van der Waals surface area contributed by atoms with Crippen molar-refractivity contribution >= 4 is 19.3 Å². The smallest absolute Gasteiger partial charge is 0.169 e. The Morgan fingerprint density at radius 3 is 2.25 bits per heavy atom. The van der Waals surface area contributed by atoms with Crippen LogP contribution in [0.4, 0.5) is 0 Å². The maximum Gasteiger partial charge on any atom is 0.169 e. The Balaban J connectivity index is 2.08. The summed E-state index contributed by atoms with van der Waals surface area (Å²) in [5, 5.41) is 0.856. The summed E-state index contributed by atoms with van der Waals surface area (Å²) in [6, 6.07) is 11.2. The van der Waals surface area contributed by atoms with Gasteiger partial charge in [0.15, 0.2) is 19.9 Å². The van der Waals surface area contributed by atoms with Gasteiger partial charge in [0.05, 0.1) is 25.4 Å². The van der Waals surface area contributed by atoms with E-state index in [4.69, 9.17) is 19.3 Å². The molecule has 1 aromatic heterocycles. The summed E-state index contributed by atoms with van der Waals surface area (Å²) >= 11 is 0. The van der Waals surface area contributed by atoms with Crippen molar-refractivity contribution in [3.8, 4) is 22.8 Å². The lowest BCUT2D eigenvalue weighted by Crippen LogP contribution is -1.94. The molecule has 0 aliphatic heterocycles. The Hall–Kier alpha value is -2.27. The fraction of sp³-hybridized carbons (Fsp3) is 0.176. The van der Waals surface area contributed by atoms with Crippen molar-refractivity contribution < 1.29 is 19.3 Å². The van der Waals surface area contributed by atoms with Gasteiger partial charge in [-0.1, -0.05) is 24.3 Å². The van der Waals surface area contributed by atoms with Crippen LogP contribution in [0.3, 0.4) is 0 Å². The molecule has 0 bridgehead atoms. The van der Waals surface area contributed by atoms with Gasteiger partial charge in [-0.15, -0.1) is 0 Å². The summed E-state index contributed by atoms with van der Waals surface area (Å²) in [4.78, 5) is 26.9. The highest BCUT2D eigenvalue weighted by Gasteiger charge is 2.12. The van der Waals surface area contributed by atoms with E-state index in [1.165, 1.54) is 6.33 Å². The average molecular weight is 344 g/mol. The Morgan fingerprint density at radius 2 is 1.62 bits per heavy atom. The van der Waals surface area contributed by atoms with Crippen LogP contribution in [0.25, 0.3) is 22.2 Å². The van der Waals surface area contributed by atoms with Gasteiger partial charge in [-0.3, -0.25) is 0 Å². The van der Waals surface area contributed by atoms with Gasteiger partial charge >= 0.3 is 0 Å². The average Bonchev–Trinajstić information content (AvgIpc) is 2.60. The lowest BCUT2D eigenvalue weighted by molar-refractivity contribution is 0.356. The zero-order valence-electron chi connectivity index (χ0n) is 13.3. The molecule has 3 aromatic rings. The molecule has 0 radical (unpaired) electrons. The summed E-state index contributed by atoms with van der Waals surface area (Å²) in [6.45, 7) is 0. The minimum Gasteiger partial charge on any atom is -0.493 e. The van der Waals surface area contributed by atoms with Gasteiger partial charge in [-0.2, -0.15) is 0 Å². The van der Waals surface area contributed by atoms with Crippen LogP contribution < -0.4 is 9.47 Å². The number of methoxy groups -OCH3 is 2. The van der Waals surface area contributed by atoms with Gasteiger partial charge in [0.1, 0.15) is 6.33 Å². The third-order valence-corrected chi connectivity index (χ3v) is 4.34. The molecule has 0 aliphatic rings. The van der Waals surface area contributed by atoms with Crippen LogP contribution in [-0.2, 0) is 6.16 Å². The van der Waals surface area contributed by atoms with Gasteiger partial charge in [-0.25, -0.2) is 9.97 Å². The highest BCUT2D eigenvalue weighted by molar-refractivity contribution is 7.44. The van der Waals surface area contributed by atoms with Crippen molar-refractivity contribution in [3.63, 3.8) is 0 Å². The van der Waals surface area contributed by atoms with Crippen molar-refractivity contribution in [2.45, 2.75) is 6.16 Å². The van der Waals surface area contributed by atoms with Crippen LogP contribution in [0.5, 0.6) is 11.5 Å². The number of rotatable bonds is 5. The third kappa shape index (κ3) is 3.31. The molecule has 0 saturated carbocycles. The molecular weight excluding hydrogens is 327 g/mol. The maximum atomic E-state index is 9.11. The largest absolute Gasteiger partial charge is 0.493 e. The molecule has 3 rings (SSSR count). The molecule has 1 heterocycles. The number of ether oxygens (including phenoxy) is 2. The standard InChI is InChI=1S/C17H17N2O4P/c1-22-15-7-13-14(8-16(15)23-2)18-10-19-17(13)12-5-3-11(4-6-12)9-24(20)21/h3-8,10,20-21H,9H2,1-2H3. The Morgan fingerprint density at radius 1 is 0.958 bits per heavy atom. The van der Waals surface area contributed by atoms with Gasteiger partial charge in [0, 0.05) is 23.2 Å². The highest BCUT2D eigenvalue weighted by atomic mass is 31.2. The van der Waals surface area contributed by atoms with E-state index in [1.807, 2.05) is 36.4 Å². The first-order chi connectivity index (χ1) is 11.6. The second kappa shape index (κ2) is 7.09. The van der Waals surface area contributed by atoms with E-state index >= 15 is 0 Å². The minimum atomic E-state index is -1.94. The molecule has 0 spiro atoms. The molecular formula is C17H17N2O4P. The first-order valence-electron chi connectivity index (χ1n) is 7.23. The van der Waals surface area contributed by atoms with Gasteiger partial charge in [0.25, 0.3) is 0 Å². The SMILES string of the molecule is COc1cc2ncnc(-c3ccc(CP(O)O)cc3)c2cc1OC. The van der Waals surface area contributed by atoms with Crippen LogP contribution in [-0.4, -0.2) is 34.0 Å². The Labute approximate surface area is 140 Å². The van der Waals surface area contributed by atoms with Crippen LogP contribution in [0.15, 0.2) is 42.7 Å². The molecule has 2 aromatic carbocycles. The van der Waals surface area contributed by atoms with E-state index in [-0.39, 0.29) is 6.16 Å². The van der Waals surface area contributed by atoms with E-state index in [1.54, 1.807) is 14.2 Å². The van der Waals surface area contributed by atoms with Crippen LogP contribution in [0, 0.1) is 0 Å². The predicted octanol–water partition coefficient (Wildman–Crippen LogP) is 3.11. The summed E-state index contributed by atoms with van der Waals surface area (Å²) < 4.78 is 10.7. The lowest BCUT2D eigenvalue weighted by atomic mass is 10.0. The maximum absolute atomic E-state index is 9.11. The van der Waals surface area contributed by atoms with E-state index in [2.05, 4.69) is 9.97 Å². The van der Waals surface area contributed by atoms with Crippen molar-refractivity contribution in [3.05, 3.63) is 48.3 Å². The fourth-order valence-corrected chi connectivity index (χ4v) is 3.08. The van der Waals surface area contributed by atoms with Gasteiger partial charge in [0.2, 0.25) is 0 Å². The number of aromatic nitrogens is 2. The van der Waals surface area contributed by atoms with Crippen molar-refractivity contribution in [1.29, 1.82) is 0 Å². The molecule has 24 heavy (non-hydrogen) atoms. The van der Waals surface area contributed by atoms with E-state index < -0.39 is 8.38 Å². The third-order valence-electron chi connectivity index (χ3n) is 3.69. The number of hydrogen-bond donors (Lipinski definition) is 2.